The third-order valence-electron chi connectivity index (χ3n) is 3.95. The van der Waals surface area contributed by atoms with E-state index in [0.717, 1.165) is 32.4 Å². The molecule has 1 fully saturated rings. The molecule has 0 radical (unpaired) electrons. The fourth-order valence-electron chi connectivity index (χ4n) is 2.71. The van der Waals surface area contributed by atoms with Gasteiger partial charge in [0.05, 0.1) is 11.3 Å². The Kier molecular flexibility index (Phi) is 7.97. The topological polar surface area (TPSA) is 75.7 Å². The summed E-state index contributed by atoms with van der Waals surface area (Å²) >= 11 is 1.28. The highest BCUT2D eigenvalue weighted by atomic mass is 32.2. The molecule has 7 heteroatoms. The lowest BCUT2D eigenvalue weighted by Crippen LogP contribution is -2.38. The lowest BCUT2D eigenvalue weighted by molar-refractivity contribution is -0.135. The molecule has 1 aliphatic rings. The molecule has 0 aromatic heterocycles. The van der Waals surface area contributed by atoms with Crippen LogP contribution >= 0.6 is 11.8 Å². The maximum absolute atomic E-state index is 12.4. The molecule has 26 heavy (non-hydrogen) atoms. The monoisotopic (exact) mass is 378 g/mol. The van der Waals surface area contributed by atoms with Gasteiger partial charge in [-0.1, -0.05) is 12.1 Å². The van der Waals surface area contributed by atoms with E-state index in [1.165, 1.54) is 11.8 Å². The molecular formula is C19H26N2O4S. The number of likely N-dealkylation sites (tertiary alicyclic amines) is 1. The van der Waals surface area contributed by atoms with Crippen molar-refractivity contribution in [2.45, 2.75) is 44.0 Å². The van der Waals surface area contributed by atoms with Crippen LogP contribution in [0.5, 0.6) is 0 Å². The van der Waals surface area contributed by atoms with Crippen molar-refractivity contribution in [1.82, 2.24) is 10.2 Å². The van der Waals surface area contributed by atoms with E-state index in [2.05, 4.69) is 5.32 Å². The molecule has 6 nitrogen and oxygen atoms in total. The van der Waals surface area contributed by atoms with Gasteiger partial charge in [-0.15, -0.1) is 11.8 Å². The number of ether oxygens (including phenoxy) is 1. The SMILES string of the molecule is CC(C)NC(=O)CSc1ccccc1C(=O)OCC(=O)N1CCCCC1. The van der Waals surface area contributed by atoms with Crippen molar-refractivity contribution in [3.63, 3.8) is 0 Å². The number of hydrogen-bond donors (Lipinski definition) is 1. The number of hydrogen-bond acceptors (Lipinski definition) is 5. The van der Waals surface area contributed by atoms with E-state index in [1.807, 2.05) is 13.8 Å². The Morgan fingerprint density at radius 1 is 1.15 bits per heavy atom. The zero-order chi connectivity index (χ0) is 18.9. The van der Waals surface area contributed by atoms with Crippen molar-refractivity contribution in [2.24, 2.45) is 0 Å². The Morgan fingerprint density at radius 2 is 1.85 bits per heavy atom. The molecule has 0 bridgehead atoms. The lowest BCUT2D eigenvalue weighted by atomic mass is 10.1. The molecular weight excluding hydrogens is 352 g/mol. The first kappa shape index (κ1) is 20.3. The molecule has 0 saturated carbocycles. The van der Waals surface area contributed by atoms with Gasteiger partial charge in [0.2, 0.25) is 5.91 Å². The zero-order valence-electron chi connectivity index (χ0n) is 15.3. The van der Waals surface area contributed by atoms with Crippen LogP contribution in [0.2, 0.25) is 0 Å². The molecule has 0 spiro atoms. The van der Waals surface area contributed by atoms with Crippen LogP contribution < -0.4 is 5.32 Å². The van der Waals surface area contributed by atoms with Gasteiger partial charge in [0.25, 0.3) is 5.91 Å². The van der Waals surface area contributed by atoms with Crippen molar-refractivity contribution >= 4 is 29.5 Å². The predicted octanol–water partition coefficient (Wildman–Crippen LogP) is 2.47. The number of nitrogens with one attached hydrogen (secondary N) is 1. The molecule has 142 valence electrons. The number of carbonyl (C=O) groups excluding carboxylic acids is 3. The van der Waals surface area contributed by atoms with Crippen LogP contribution in [0.3, 0.4) is 0 Å². The highest BCUT2D eigenvalue weighted by Crippen LogP contribution is 2.23. The molecule has 1 heterocycles. The summed E-state index contributed by atoms with van der Waals surface area (Å²) in [6, 6.07) is 7.04. The average Bonchev–Trinajstić information content (AvgIpc) is 2.64. The minimum Gasteiger partial charge on any atom is -0.452 e. The normalized spacial score (nSPS) is 14.2. The molecule has 0 aliphatic carbocycles. The van der Waals surface area contributed by atoms with E-state index in [1.54, 1.807) is 29.2 Å². The summed E-state index contributed by atoms with van der Waals surface area (Å²) in [5, 5.41) is 2.81. The highest BCUT2D eigenvalue weighted by molar-refractivity contribution is 8.00. The van der Waals surface area contributed by atoms with Crippen LogP contribution in [0.25, 0.3) is 0 Å². The average molecular weight is 378 g/mol. The van der Waals surface area contributed by atoms with Crippen molar-refractivity contribution in [2.75, 3.05) is 25.4 Å². The molecule has 1 aromatic carbocycles. The second-order valence-electron chi connectivity index (χ2n) is 6.52. The first-order chi connectivity index (χ1) is 12.5. The van der Waals surface area contributed by atoms with E-state index in [9.17, 15) is 14.4 Å². The Hall–Kier alpha value is -2.02. The van der Waals surface area contributed by atoms with Crippen LogP contribution in [0.1, 0.15) is 43.5 Å². The van der Waals surface area contributed by atoms with Gasteiger partial charge in [0, 0.05) is 24.0 Å². The van der Waals surface area contributed by atoms with Gasteiger partial charge in [-0.2, -0.15) is 0 Å². The van der Waals surface area contributed by atoms with Crippen LogP contribution in [0.15, 0.2) is 29.2 Å². The summed E-state index contributed by atoms with van der Waals surface area (Å²) < 4.78 is 5.21. The van der Waals surface area contributed by atoms with Gasteiger partial charge < -0.3 is 15.0 Å². The van der Waals surface area contributed by atoms with E-state index < -0.39 is 5.97 Å². The second-order valence-corrected chi connectivity index (χ2v) is 7.54. The molecule has 0 unspecified atom stereocenters. The zero-order valence-corrected chi connectivity index (χ0v) is 16.1. The first-order valence-corrected chi connectivity index (χ1v) is 9.92. The fourth-order valence-corrected chi connectivity index (χ4v) is 3.56. The maximum atomic E-state index is 12.4. The standard InChI is InChI=1S/C19H26N2O4S/c1-14(2)20-17(22)13-26-16-9-5-4-8-15(16)19(24)25-12-18(23)21-10-6-3-7-11-21/h4-5,8-9,14H,3,6-7,10-13H2,1-2H3,(H,20,22). The van der Waals surface area contributed by atoms with Gasteiger partial charge in [0.15, 0.2) is 6.61 Å². The first-order valence-electron chi connectivity index (χ1n) is 8.93. The minimum absolute atomic E-state index is 0.0732. The Balaban J connectivity index is 1.89. The molecule has 1 N–H and O–H groups in total. The second kappa shape index (κ2) is 10.2. The van der Waals surface area contributed by atoms with Crippen LogP contribution in [0, 0.1) is 0 Å². The number of amides is 2. The third-order valence-corrected chi connectivity index (χ3v) is 5.02. The molecule has 2 rings (SSSR count). The van der Waals surface area contributed by atoms with Crippen molar-refractivity contribution in [3.8, 4) is 0 Å². The molecule has 2 amide bonds. The third kappa shape index (κ3) is 6.37. The summed E-state index contributed by atoms with van der Waals surface area (Å²) in [5.41, 5.74) is 0.376. The predicted molar refractivity (Wildman–Crippen MR) is 101 cm³/mol. The molecule has 0 atom stereocenters. The Morgan fingerprint density at radius 3 is 2.54 bits per heavy atom. The van der Waals surface area contributed by atoms with Gasteiger partial charge in [-0.05, 0) is 45.2 Å². The number of carbonyl (C=O) groups is 3. The van der Waals surface area contributed by atoms with E-state index >= 15 is 0 Å². The van der Waals surface area contributed by atoms with Gasteiger partial charge >= 0.3 is 5.97 Å². The fraction of sp³-hybridized carbons (Fsp3) is 0.526. The summed E-state index contributed by atoms with van der Waals surface area (Å²) in [7, 11) is 0. The maximum Gasteiger partial charge on any atom is 0.339 e. The van der Waals surface area contributed by atoms with E-state index in [4.69, 9.17) is 4.74 Å². The number of thioether (sulfide) groups is 1. The van der Waals surface area contributed by atoms with Gasteiger partial charge in [-0.25, -0.2) is 4.79 Å². The number of piperidine rings is 1. The Bertz CT molecular complexity index is 642. The quantitative estimate of drug-likeness (QED) is 0.583. The van der Waals surface area contributed by atoms with Crippen molar-refractivity contribution in [3.05, 3.63) is 29.8 Å². The number of rotatable bonds is 7. The summed E-state index contributed by atoms with van der Waals surface area (Å²) in [6.45, 7) is 5.01. The highest BCUT2D eigenvalue weighted by Gasteiger charge is 2.20. The summed E-state index contributed by atoms with van der Waals surface area (Å²) in [4.78, 5) is 38.7. The lowest BCUT2D eigenvalue weighted by Gasteiger charge is -2.26. The largest absolute Gasteiger partial charge is 0.452 e. The molecule has 1 saturated heterocycles. The van der Waals surface area contributed by atoms with Crippen LogP contribution in [-0.2, 0) is 14.3 Å². The van der Waals surface area contributed by atoms with E-state index in [0.29, 0.717) is 10.5 Å². The van der Waals surface area contributed by atoms with Crippen LogP contribution in [-0.4, -0.2) is 54.2 Å². The summed E-state index contributed by atoms with van der Waals surface area (Å²) in [5.74, 6) is -0.564. The molecule has 1 aliphatic heterocycles. The van der Waals surface area contributed by atoms with E-state index in [-0.39, 0.29) is 30.2 Å². The Labute approximate surface area is 158 Å². The number of benzene rings is 1. The van der Waals surface area contributed by atoms with Gasteiger partial charge in [-0.3, -0.25) is 9.59 Å². The van der Waals surface area contributed by atoms with Gasteiger partial charge in [0.1, 0.15) is 0 Å². The van der Waals surface area contributed by atoms with Crippen molar-refractivity contribution in [1.29, 1.82) is 0 Å². The molecule has 1 aromatic rings. The smallest absolute Gasteiger partial charge is 0.339 e. The minimum atomic E-state index is -0.539. The number of esters is 1. The van der Waals surface area contributed by atoms with Crippen molar-refractivity contribution < 1.29 is 19.1 Å². The van der Waals surface area contributed by atoms with Crippen LogP contribution in [0.4, 0.5) is 0 Å². The summed E-state index contributed by atoms with van der Waals surface area (Å²) in [6.07, 6.45) is 3.13. The number of nitrogens with zero attached hydrogens (tertiary/aromatic N) is 1.